The highest BCUT2D eigenvalue weighted by Gasteiger charge is 2.16. The Hall–Kier alpha value is -5.06. The molecule has 3 nitrogen and oxygen atoms in total. The molecular formula is C39H28BrN3. The van der Waals surface area contributed by atoms with Crippen LogP contribution in [0.4, 0.5) is 0 Å². The van der Waals surface area contributed by atoms with Crippen LogP contribution in [0.1, 0.15) is 11.1 Å². The number of rotatable bonds is 6. The van der Waals surface area contributed by atoms with Gasteiger partial charge >= 0.3 is 0 Å². The highest BCUT2D eigenvalue weighted by Crippen LogP contribution is 2.37. The smallest absolute Gasteiger partial charge is 0.0788 e. The predicted octanol–water partition coefficient (Wildman–Crippen LogP) is 10.4. The number of aliphatic imine (C=N–C) groups is 2. The van der Waals surface area contributed by atoms with Crippen molar-refractivity contribution in [1.29, 1.82) is 0 Å². The normalized spacial score (nSPS) is 15.0. The Labute approximate surface area is 259 Å². The highest BCUT2D eigenvalue weighted by molar-refractivity contribution is 9.10. The van der Waals surface area contributed by atoms with E-state index in [-0.39, 0.29) is 0 Å². The summed E-state index contributed by atoms with van der Waals surface area (Å²) >= 11 is 3.74. The van der Waals surface area contributed by atoms with Gasteiger partial charge in [0.2, 0.25) is 0 Å². The van der Waals surface area contributed by atoms with Gasteiger partial charge in [0, 0.05) is 32.1 Å². The van der Waals surface area contributed by atoms with Gasteiger partial charge in [-0.25, -0.2) is 0 Å². The largest absolute Gasteiger partial charge is 0.309 e. The second-order valence-electron chi connectivity index (χ2n) is 10.4. The number of hydrogen-bond donors (Lipinski definition) is 0. The number of allylic oxidation sites excluding steroid dienone is 5. The summed E-state index contributed by atoms with van der Waals surface area (Å²) < 4.78 is 3.45. The van der Waals surface area contributed by atoms with Crippen LogP contribution < -0.4 is 0 Å². The molecule has 1 heterocycles. The third-order valence-corrected chi connectivity index (χ3v) is 8.52. The number of aromatic nitrogens is 1. The molecule has 0 saturated carbocycles. The Kier molecular flexibility index (Phi) is 7.28. The molecule has 7 rings (SSSR count). The monoisotopic (exact) mass is 617 g/mol. The molecule has 4 heteroatoms. The molecule has 1 aliphatic carbocycles. The summed E-state index contributed by atoms with van der Waals surface area (Å²) in [4.78, 5) is 9.46. The van der Waals surface area contributed by atoms with Gasteiger partial charge in [0.25, 0.3) is 0 Å². The Morgan fingerprint density at radius 3 is 2.14 bits per heavy atom. The Bertz CT molecular complexity index is 2110. The summed E-state index contributed by atoms with van der Waals surface area (Å²) in [5.41, 5.74) is 10.7. The van der Waals surface area contributed by atoms with Crippen LogP contribution in [-0.4, -0.2) is 17.0 Å². The SMILES string of the molecule is C=N/C(=C1/C=CC=CC1=NCc1ccc2c3ccc(-c4ccccc4Br)cc3n(-c3ccccc3)c2c1)c1ccccc1. The lowest BCUT2D eigenvalue weighted by atomic mass is 9.99. The fraction of sp³-hybridized carbons (Fsp3) is 0.0256. The minimum Gasteiger partial charge on any atom is -0.309 e. The van der Waals surface area contributed by atoms with E-state index in [2.05, 4.69) is 135 Å². The molecule has 0 amide bonds. The molecule has 206 valence electrons. The van der Waals surface area contributed by atoms with Crippen LogP contribution in [0.5, 0.6) is 0 Å². The van der Waals surface area contributed by atoms with Crippen molar-refractivity contribution in [3.63, 3.8) is 0 Å². The van der Waals surface area contributed by atoms with E-state index in [9.17, 15) is 0 Å². The molecular weight excluding hydrogens is 590 g/mol. The molecule has 0 radical (unpaired) electrons. The molecule has 0 atom stereocenters. The third-order valence-electron chi connectivity index (χ3n) is 7.83. The summed E-state index contributed by atoms with van der Waals surface area (Å²) in [6.07, 6.45) is 8.16. The van der Waals surface area contributed by atoms with Crippen LogP contribution in [0.3, 0.4) is 0 Å². The zero-order chi connectivity index (χ0) is 29.2. The van der Waals surface area contributed by atoms with Gasteiger partial charge in [-0.1, -0.05) is 125 Å². The lowest BCUT2D eigenvalue weighted by Crippen LogP contribution is -2.04. The maximum absolute atomic E-state index is 5.07. The van der Waals surface area contributed by atoms with Gasteiger partial charge in [-0.05, 0) is 59.8 Å². The van der Waals surface area contributed by atoms with E-state index < -0.39 is 0 Å². The summed E-state index contributed by atoms with van der Waals surface area (Å²) in [5.74, 6) is 0. The number of para-hydroxylation sites is 1. The second kappa shape index (κ2) is 11.7. The molecule has 0 N–H and O–H groups in total. The fourth-order valence-corrected chi connectivity index (χ4v) is 6.31. The van der Waals surface area contributed by atoms with Crippen molar-refractivity contribution < 1.29 is 0 Å². The topological polar surface area (TPSA) is 29.6 Å². The molecule has 0 saturated heterocycles. The van der Waals surface area contributed by atoms with E-state index in [1.807, 2.05) is 42.5 Å². The first-order valence-corrected chi connectivity index (χ1v) is 15.0. The first kappa shape index (κ1) is 26.8. The molecule has 0 unspecified atom stereocenters. The van der Waals surface area contributed by atoms with Crippen molar-refractivity contribution in [2.24, 2.45) is 9.98 Å². The van der Waals surface area contributed by atoms with Crippen molar-refractivity contribution in [1.82, 2.24) is 4.57 Å². The van der Waals surface area contributed by atoms with E-state index in [0.717, 1.165) is 43.8 Å². The van der Waals surface area contributed by atoms with Crippen molar-refractivity contribution in [3.05, 3.63) is 167 Å². The zero-order valence-corrected chi connectivity index (χ0v) is 25.1. The summed E-state index contributed by atoms with van der Waals surface area (Å²) in [6, 6.07) is 42.6. The van der Waals surface area contributed by atoms with Crippen molar-refractivity contribution in [3.8, 4) is 16.8 Å². The van der Waals surface area contributed by atoms with Gasteiger partial charge in [-0.2, -0.15) is 0 Å². The molecule has 0 aliphatic heterocycles. The van der Waals surface area contributed by atoms with E-state index >= 15 is 0 Å². The molecule has 0 bridgehead atoms. The average Bonchev–Trinajstić information content (AvgIpc) is 3.38. The van der Waals surface area contributed by atoms with E-state index in [1.54, 1.807) is 0 Å². The predicted molar refractivity (Wildman–Crippen MR) is 186 cm³/mol. The number of halogens is 1. The van der Waals surface area contributed by atoms with Crippen LogP contribution in [0.15, 0.2) is 166 Å². The van der Waals surface area contributed by atoms with Crippen molar-refractivity contribution >= 4 is 55.9 Å². The standard InChI is InChI=1S/C39H28BrN3/c1-41-39(28-12-4-2-5-13-28)34-17-9-11-19-36(34)42-26-27-20-22-32-33-23-21-29(31-16-8-10-18-35(31)40)25-38(33)43(37(32)24-27)30-14-6-3-7-15-30/h2-25H,1,26H2/b39-34-,42-36?. The quantitative estimate of drug-likeness (QED) is 0.166. The van der Waals surface area contributed by atoms with Crippen LogP contribution in [0.25, 0.3) is 44.3 Å². The molecule has 43 heavy (non-hydrogen) atoms. The molecule has 0 spiro atoms. The van der Waals surface area contributed by atoms with Crippen LogP contribution in [0.2, 0.25) is 0 Å². The van der Waals surface area contributed by atoms with Crippen molar-refractivity contribution in [2.45, 2.75) is 6.54 Å². The fourth-order valence-electron chi connectivity index (χ4n) is 5.80. The summed E-state index contributed by atoms with van der Waals surface area (Å²) in [7, 11) is 0. The van der Waals surface area contributed by atoms with Gasteiger partial charge in [-0.15, -0.1) is 0 Å². The van der Waals surface area contributed by atoms with Crippen molar-refractivity contribution in [2.75, 3.05) is 0 Å². The van der Waals surface area contributed by atoms with Gasteiger partial charge < -0.3 is 4.57 Å². The van der Waals surface area contributed by atoms with Gasteiger partial charge in [0.15, 0.2) is 0 Å². The minimum absolute atomic E-state index is 0.546. The first-order chi connectivity index (χ1) is 21.2. The number of hydrogen-bond acceptors (Lipinski definition) is 2. The molecule has 5 aromatic carbocycles. The van der Waals surface area contributed by atoms with E-state index in [1.165, 1.54) is 27.4 Å². The molecule has 6 aromatic rings. The van der Waals surface area contributed by atoms with Crippen LogP contribution >= 0.6 is 15.9 Å². The van der Waals surface area contributed by atoms with Crippen LogP contribution in [-0.2, 0) is 6.54 Å². The Morgan fingerprint density at radius 2 is 1.37 bits per heavy atom. The molecule has 1 aliphatic rings. The summed E-state index contributed by atoms with van der Waals surface area (Å²) in [6.45, 7) is 4.41. The summed E-state index contributed by atoms with van der Waals surface area (Å²) in [5, 5.41) is 2.44. The Morgan fingerprint density at radius 1 is 0.698 bits per heavy atom. The van der Waals surface area contributed by atoms with Crippen LogP contribution in [0, 0.1) is 0 Å². The van der Waals surface area contributed by atoms with E-state index in [4.69, 9.17) is 4.99 Å². The maximum atomic E-state index is 5.07. The first-order valence-electron chi connectivity index (χ1n) is 14.2. The van der Waals surface area contributed by atoms with Gasteiger partial charge in [0.05, 0.1) is 29.0 Å². The number of nitrogens with zero attached hydrogens (tertiary/aromatic N) is 3. The number of benzene rings is 5. The highest BCUT2D eigenvalue weighted by atomic mass is 79.9. The lowest BCUT2D eigenvalue weighted by molar-refractivity contribution is 1.07. The lowest BCUT2D eigenvalue weighted by Gasteiger charge is -2.12. The second-order valence-corrected chi connectivity index (χ2v) is 11.3. The van der Waals surface area contributed by atoms with E-state index in [0.29, 0.717) is 6.54 Å². The third kappa shape index (κ3) is 5.11. The zero-order valence-electron chi connectivity index (χ0n) is 23.5. The number of fused-ring (bicyclic) bond motifs is 3. The Balaban J connectivity index is 1.35. The average molecular weight is 619 g/mol. The minimum atomic E-state index is 0.546. The molecule has 0 fully saturated rings. The van der Waals surface area contributed by atoms with Gasteiger partial charge in [-0.3, -0.25) is 9.98 Å². The molecule has 1 aromatic heterocycles. The van der Waals surface area contributed by atoms with Gasteiger partial charge in [0.1, 0.15) is 0 Å². The maximum Gasteiger partial charge on any atom is 0.0788 e.